The molecule has 1 aromatic carbocycles. The molecule has 0 saturated carbocycles. The number of hydrogen-bond donors (Lipinski definition) is 1. The molecule has 0 aliphatic carbocycles. The third kappa shape index (κ3) is 5.13. The molecular weight excluding hydrogens is 422 g/mol. The van der Waals surface area contributed by atoms with Gasteiger partial charge in [-0.25, -0.2) is 28.1 Å². The lowest BCUT2D eigenvalue weighted by atomic mass is 10.4. The number of aliphatic hydroxyl groups excluding tert-OH is 1. The quantitative estimate of drug-likeness (QED) is 0.345. The lowest BCUT2D eigenvalue weighted by molar-refractivity contribution is 0.0862. The van der Waals surface area contributed by atoms with Gasteiger partial charge in [0.2, 0.25) is 8.32 Å². The van der Waals surface area contributed by atoms with Crippen LogP contribution in [0.2, 0.25) is 13.1 Å². The predicted molar refractivity (Wildman–Crippen MR) is 114 cm³/mol. The molecule has 2 aliphatic rings. The summed E-state index contributed by atoms with van der Waals surface area (Å²) in [5, 5.41) is 11.6. The highest BCUT2D eigenvalue weighted by molar-refractivity contribution is 6.84. The van der Waals surface area contributed by atoms with Crippen LogP contribution in [0.4, 0.5) is 0 Å². The molecule has 1 N–H and O–H groups in total. The molecule has 10 nitrogen and oxygen atoms in total. The van der Waals surface area contributed by atoms with Gasteiger partial charge in [0.1, 0.15) is 0 Å². The van der Waals surface area contributed by atoms with Crippen molar-refractivity contribution < 1.29 is 19.0 Å². The molecule has 2 saturated heterocycles. The standard InChI is InChI=1S/C20H27N3O7Si/c1-31(2,17-6-4-3-5-7-17)30-11-14(24)8-21-18(25)22(9-15-12-28-15)20(27)23(19(21)26)10-16-13-29-16/h3-7,14-16,24H,8-13H2,1-2H3. The van der Waals surface area contributed by atoms with E-state index in [1.807, 2.05) is 43.4 Å². The topological polar surface area (TPSA) is 121 Å². The summed E-state index contributed by atoms with van der Waals surface area (Å²) in [5.74, 6) is 0. The van der Waals surface area contributed by atoms with Crippen LogP contribution in [0.25, 0.3) is 0 Å². The summed E-state index contributed by atoms with van der Waals surface area (Å²) in [7, 11) is -2.26. The zero-order chi connectivity index (χ0) is 22.2. The Morgan fingerprint density at radius 1 is 0.968 bits per heavy atom. The summed E-state index contributed by atoms with van der Waals surface area (Å²) in [6, 6.07) is 9.76. The first-order chi connectivity index (χ1) is 14.8. The Morgan fingerprint density at radius 2 is 1.45 bits per heavy atom. The molecule has 1 aromatic heterocycles. The fourth-order valence-corrected chi connectivity index (χ4v) is 5.17. The van der Waals surface area contributed by atoms with Gasteiger partial charge in [0, 0.05) is 0 Å². The molecule has 3 atom stereocenters. The lowest BCUT2D eigenvalue weighted by Gasteiger charge is -2.25. The molecule has 3 heterocycles. The normalized spacial score (nSPS) is 21.1. The minimum absolute atomic E-state index is 0.0312. The van der Waals surface area contributed by atoms with E-state index in [2.05, 4.69) is 0 Å². The largest absolute Gasteiger partial charge is 0.410 e. The summed E-state index contributed by atoms with van der Waals surface area (Å²) in [6.07, 6.45) is -1.52. The van der Waals surface area contributed by atoms with E-state index in [1.54, 1.807) is 0 Å². The van der Waals surface area contributed by atoms with Crippen molar-refractivity contribution in [3.63, 3.8) is 0 Å². The van der Waals surface area contributed by atoms with Gasteiger partial charge in [0.05, 0.1) is 57.8 Å². The molecular formula is C20H27N3O7Si. The van der Waals surface area contributed by atoms with Crippen molar-refractivity contribution >= 4 is 13.5 Å². The number of ether oxygens (including phenoxy) is 2. The van der Waals surface area contributed by atoms with Crippen molar-refractivity contribution in [1.29, 1.82) is 0 Å². The van der Waals surface area contributed by atoms with Crippen molar-refractivity contribution in [3.05, 3.63) is 61.8 Å². The molecule has 0 amide bonds. The average Bonchev–Trinajstić information content (AvgIpc) is 3.67. The number of epoxide rings is 2. The Hall–Kier alpha value is -2.31. The Morgan fingerprint density at radius 3 is 1.94 bits per heavy atom. The summed E-state index contributed by atoms with van der Waals surface area (Å²) in [4.78, 5) is 38.4. The van der Waals surface area contributed by atoms with E-state index >= 15 is 0 Å². The molecule has 168 valence electrons. The molecule has 2 aliphatic heterocycles. The Kier molecular flexibility index (Phi) is 6.13. The predicted octanol–water partition coefficient (Wildman–Crippen LogP) is -1.54. The van der Waals surface area contributed by atoms with E-state index < -0.39 is 31.5 Å². The molecule has 2 fully saturated rings. The van der Waals surface area contributed by atoms with Crippen LogP contribution in [-0.4, -0.2) is 65.3 Å². The summed E-state index contributed by atoms with van der Waals surface area (Å²) in [5.41, 5.74) is -2.19. The molecule has 0 spiro atoms. The summed E-state index contributed by atoms with van der Waals surface area (Å²) < 4.78 is 19.2. The summed E-state index contributed by atoms with van der Waals surface area (Å²) in [6.45, 7) is 4.80. The fourth-order valence-electron chi connectivity index (χ4n) is 3.40. The molecule has 11 heteroatoms. The van der Waals surface area contributed by atoms with Crippen LogP contribution >= 0.6 is 0 Å². The van der Waals surface area contributed by atoms with Gasteiger partial charge >= 0.3 is 17.1 Å². The van der Waals surface area contributed by atoms with Crippen molar-refractivity contribution in [2.24, 2.45) is 0 Å². The van der Waals surface area contributed by atoms with E-state index in [4.69, 9.17) is 13.9 Å². The molecule has 4 rings (SSSR count). The maximum Gasteiger partial charge on any atom is 0.336 e. The first-order valence-corrected chi connectivity index (χ1v) is 13.2. The maximum atomic E-state index is 12.9. The molecule has 3 unspecified atom stereocenters. The van der Waals surface area contributed by atoms with Gasteiger partial charge in [-0.2, -0.15) is 0 Å². The van der Waals surface area contributed by atoms with Crippen LogP contribution in [0.15, 0.2) is 44.7 Å². The number of benzene rings is 1. The number of nitrogens with zero attached hydrogens (tertiary/aromatic N) is 3. The second-order valence-corrected chi connectivity index (χ2v) is 12.3. The highest BCUT2D eigenvalue weighted by Gasteiger charge is 2.30. The van der Waals surface area contributed by atoms with Crippen molar-refractivity contribution in [1.82, 2.24) is 13.7 Å². The van der Waals surface area contributed by atoms with E-state index in [0.717, 1.165) is 18.9 Å². The van der Waals surface area contributed by atoms with E-state index in [1.165, 1.54) is 0 Å². The van der Waals surface area contributed by atoms with Crippen molar-refractivity contribution in [2.75, 3.05) is 19.8 Å². The second-order valence-electron chi connectivity index (χ2n) is 8.43. The van der Waals surface area contributed by atoms with Gasteiger partial charge in [0.25, 0.3) is 0 Å². The van der Waals surface area contributed by atoms with Gasteiger partial charge < -0.3 is 19.0 Å². The lowest BCUT2D eigenvalue weighted by Crippen LogP contribution is -2.56. The molecule has 2 aromatic rings. The highest BCUT2D eigenvalue weighted by Crippen LogP contribution is 2.11. The Bertz CT molecular complexity index is 1050. The molecule has 31 heavy (non-hydrogen) atoms. The SMILES string of the molecule is C[Si](C)(OCC(O)Cn1c(=O)n(CC2CO2)c(=O)n(CC2CO2)c1=O)c1ccccc1. The van der Waals surface area contributed by atoms with Gasteiger partial charge in [-0.1, -0.05) is 30.3 Å². The first kappa shape index (κ1) is 21.9. The first-order valence-electron chi connectivity index (χ1n) is 10.3. The second kappa shape index (κ2) is 8.67. The highest BCUT2D eigenvalue weighted by atomic mass is 28.4. The van der Waals surface area contributed by atoms with Crippen LogP contribution in [0.3, 0.4) is 0 Å². The molecule has 0 bridgehead atoms. The fraction of sp³-hybridized carbons (Fsp3) is 0.550. The Balaban J connectivity index is 1.54. The Labute approximate surface area is 179 Å². The number of aliphatic hydroxyl groups is 1. The number of aromatic nitrogens is 3. The third-order valence-corrected chi connectivity index (χ3v) is 8.07. The average molecular weight is 450 g/mol. The maximum absolute atomic E-state index is 12.9. The number of hydrogen-bond acceptors (Lipinski definition) is 7. The van der Waals surface area contributed by atoms with Gasteiger partial charge in [-0.15, -0.1) is 0 Å². The third-order valence-electron chi connectivity index (χ3n) is 5.46. The zero-order valence-electron chi connectivity index (χ0n) is 17.6. The minimum Gasteiger partial charge on any atom is -0.410 e. The van der Waals surface area contributed by atoms with Crippen molar-refractivity contribution in [2.45, 2.75) is 51.0 Å². The van der Waals surface area contributed by atoms with Gasteiger partial charge in [-0.05, 0) is 18.3 Å². The monoisotopic (exact) mass is 449 g/mol. The van der Waals surface area contributed by atoms with Crippen LogP contribution in [-0.2, 0) is 33.5 Å². The van der Waals surface area contributed by atoms with Crippen LogP contribution in [0.1, 0.15) is 0 Å². The molecule has 0 radical (unpaired) electrons. The van der Waals surface area contributed by atoms with E-state index in [9.17, 15) is 19.5 Å². The van der Waals surface area contributed by atoms with Crippen LogP contribution in [0.5, 0.6) is 0 Å². The van der Waals surface area contributed by atoms with Gasteiger partial charge in [-0.3, -0.25) is 0 Å². The summed E-state index contributed by atoms with van der Waals surface area (Å²) >= 11 is 0. The minimum atomic E-state index is -2.26. The van der Waals surface area contributed by atoms with Crippen LogP contribution < -0.4 is 22.3 Å². The van der Waals surface area contributed by atoms with E-state index in [0.29, 0.717) is 13.2 Å². The van der Waals surface area contributed by atoms with E-state index in [-0.39, 0.29) is 38.4 Å². The zero-order valence-corrected chi connectivity index (χ0v) is 18.6. The number of rotatable bonds is 10. The van der Waals surface area contributed by atoms with Crippen molar-refractivity contribution in [3.8, 4) is 0 Å². The van der Waals surface area contributed by atoms with Crippen LogP contribution in [0, 0.1) is 0 Å². The van der Waals surface area contributed by atoms with Gasteiger partial charge in [0.15, 0.2) is 0 Å². The smallest absolute Gasteiger partial charge is 0.336 e.